The highest BCUT2D eigenvalue weighted by Crippen LogP contribution is 2.32. The first kappa shape index (κ1) is 18.3. The maximum atomic E-state index is 12.8. The van der Waals surface area contributed by atoms with E-state index in [-0.39, 0.29) is 17.1 Å². The van der Waals surface area contributed by atoms with E-state index in [0.717, 1.165) is 5.56 Å². The van der Waals surface area contributed by atoms with Gasteiger partial charge in [-0.15, -0.1) is 0 Å². The van der Waals surface area contributed by atoms with Crippen molar-refractivity contribution in [2.24, 2.45) is 7.05 Å². The highest BCUT2D eigenvalue weighted by Gasteiger charge is 2.19. The van der Waals surface area contributed by atoms with Gasteiger partial charge in [0.1, 0.15) is 22.7 Å². The molecule has 0 atom stereocenters. The first-order valence-electron chi connectivity index (χ1n) is 8.21. The minimum absolute atomic E-state index is 0.0997. The summed E-state index contributed by atoms with van der Waals surface area (Å²) in [7, 11) is 1.67. The van der Waals surface area contributed by atoms with Crippen molar-refractivity contribution in [3.05, 3.63) is 63.4 Å². The molecule has 0 unspecified atom stereocenters. The standard InChI is InChI=1S/C19H13BrF2N4O2/c1-26-17-14(15(25-26)10-5-3-2-4-6-10)18(27)24-16(23-17)12-8-7-11(20)9-13(12)28-19(21)22/h2-9,19H,1H3,(H,23,24,27). The Labute approximate surface area is 165 Å². The molecule has 0 fully saturated rings. The fraction of sp³-hybridized carbons (Fsp3) is 0.105. The minimum atomic E-state index is -3.01. The molecule has 0 spiro atoms. The van der Waals surface area contributed by atoms with Gasteiger partial charge in [0.05, 0.1) is 5.56 Å². The van der Waals surface area contributed by atoms with E-state index in [4.69, 9.17) is 0 Å². The number of rotatable bonds is 4. The number of aromatic nitrogens is 4. The Bertz CT molecular complexity index is 1220. The summed E-state index contributed by atoms with van der Waals surface area (Å²) in [6.45, 7) is -3.01. The van der Waals surface area contributed by atoms with Crippen LogP contribution in [0.15, 0.2) is 57.8 Å². The summed E-state index contributed by atoms with van der Waals surface area (Å²) in [4.78, 5) is 20.0. The second-order valence-electron chi connectivity index (χ2n) is 5.97. The highest BCUT2D eigenvalue weighted by molar-refractivity contribution is 9.10. The van der Waals surface area contributed by atoms with E-state index in [1.807, 2.05) is 30.3 Å². The molecule has 1 N–H and O–H groups in total. The minimum Gasteiger partial charge on any atom is -0.434 e. The largest absolute Gasteiger partial charge is 0.434 e. The fourth-order valence-corrected chi connectivity index (χ4v) is 3.31. The number of halogens is 3. The second kappa shape index (κ2) is 7.16. The Morgan fingerprint density at radius 2 is 1.93 bits per heavy atom. The molecule has 0 saturated carbocycles. The lowest BCUT2D eigenvalue weighted by Gasteiger charge is -2.11. The van der Waals surface area contributed by atoms with Gasteiger partial charge in [0, 0.05) is 17.1 Å². The number of nitrogens with zero attached hydrogens (tertiary/aromatic N) is 3. The van der Waals surface area contributed by atoms with Gasteiger partial charge < -0.3 is 9.72 Å². The molecule has 0 bridgehead atoms. The summed E-state index contributed by atoms with van der Waals surface area (Å²) < 4.78 is 32.2. The Morgan fingerprint density at radius 3 is 2.64 bits per heavy atom. The summed E-state index contributed by atoms with van der Waals surface area (Å²) in [6, 6.07) is 13.8. The van der Waals surface area contributed by atoms with Crippen molar-refractivity contribution in [2.75, 3.05) is 0 Å². The molecule has 0 saturated heterocycles. The van der Waals surface area contributed by atoms with Crippen LogP contribution in [0.1, 0.15) is 0 Å². The van der Waals surface area contributed by atoms with Gasteiger partial charge in [-0.2, -0.15) is 13.9 Å². The third kappa shape index (κ3) is 3.29. The molecule has 0 aliphatic heterocycles. The van der Waals surface area contributed by atoms with Crippen molar-refractivity contribution >= 4 is 27.0 Å². The molecule has 6 nitrogen and oxygen atoms in total. The number of ether oxygens (including phenoxy) is 1. The maximum Gasteiger partial charge on any atom is 0.387 e. The van der Waals surface area contributed by atoms with Gasteiger partial charge >= 0.3 is 6.61 Å². The molecule has 4 rings (SSSR count). The molecule has 0 aliphatic rings. The van der Waals surface area contributed by atoms with Crippen molar-refractivity contribution in [3.63, 3.8) is 0 Å². The number of hydrogen-bond acceptors (Lipinski definition) is 4. The molecule has 2 heterocycles. The van der Waals surface area contributed by atoms with Gasteiger partial charge in [0.2, 0.25) is 0 Å². The van der Waals surface area contributed by atoms with Crippen molar-refractivity contribution in [3.8, 4) is 28.4 Å². The van der Waals surface area contributed by atoms with Gasteiger partial charge in [-0.25, -0.2) is 9.67 Å². The Hall–Kier alpha value is -3.07. The summed E-state index contributed by atoms with van der Waals surface area (Å²) in [5.74, 6) is 0.0144. The number of alkyl halides is 2. The lowest BCUT2D eigenvalue weighted by molar-refractivity contribution is -0.0495. The summed E-state index contributed by atoms with van der Waals surface area (Å²) in [6.07, 6.45) is 0. The number of nitrogens with one attached hydrogen (secondary N) is 1. The van der Waals surface area contributed by atoms with Crippen LogP contribution in [0.25, 0.3) is 33.7 Å². The van der Waals surface area contributed by atoms with Gasteiger partial charge in [0.15, 0.2) is 5.65 Å². The molecule has 0 radical (unpaired) electrons. The van der Waals surface area contributed by atoms with E-state index in [1.165, 1.54) is 10.7 Å². The monoisotopic (exact) mass is 446 g/mol. The third-order valence-electron chi connectivity index (χ3n) is 4.16. The summed E-state index contributed by atoms with van der Waals surface area (Å²) in [5, 5.41) is 4.74. The quantitative estimate of drug-likeness (QED) is 0.505. The van der Waals surface area contributed by atoms with E-state index in [1.54, 1.807) is 19.2 Å². The van der Waals surface area contributed by atoms with Crippen molar-refractivity contribution < 1.29 is 13.5 Å². The van der Waals surface area contributed by atoms with Crippen LogP contribution in [-0.2, 0) is 7.05 Å². The van der Waals surface area contributed by atoms with E-state index >= 15 is 0 Å². The number of fused-ring (bicyclic) bond motifs is 1. The Kier molecular flexibility index (Phi) is 4.68. The van der Waals surface area contributed by atoms with E-state index in [2.05, 4.69) is 35.7 Å². The second-order valence-corrected chi connectivity index (χ2v) is 6.89. The molecule has 4 aromatic rings. The molecule has 2 aromatic carbocycles. The van der Waals surface area contributed by atoms with Crippen LogP contribution < -0.4 is 10.3 Å². The van der Waals surface area contributed by atoms with Crippen LogP contribution in [0.5, 0.6) is 5.75 Å². The van der Waals surface area contributed by atoms with E-state index < -0.39 is 12.2 Å². The molecule has 142 valence electrons. The van der Waals surface area contributed by atoms with Gasteiger partial charge in [-0.05, 0) is 18.2 Å². The normalized spacial score (nSPS) is 11.3. The van der Waals surface area contributed by atoms with Crippen LogP contribution in [0.2, 0.25) is 0 Å². The Morgan fingerprint density at radius 1 is 1.18 bits per heavy atom. The van der Waals surface area contributed by atoms with Crippen molar-refractivity contribution in [1.82, 2.24) is 19.7 Å². The Balaban J connectivity index is 1.93. The third-order valence-corrected chi connectivity index (χ3v) is 4.65. The zero-order valence-electron chi connectivity index (χ0n) is 14.5. The van der Waals surface area contributed by atoms with Gasteiger partial charge in [0.25, 0.3) is 5.56 Å². The highest BCUT2D eigenvalue weighted by atomic mass is 79.9. The van der Waals surface area contributed by atoms with Crippen molar-refractivity contribution in [1.29, 1.82) is 0 Å². The molecule has 0 amide bonds. The number of hydrogen-bond donors (Lipinski definition) is 1. The number of benzene rings is 2. The molecule has 9 heteroatoms. The molecule has 0 aliphatic carbocycles. The fourth-order valence-electron chi connectivity index (χ4n) is 2.97. The average molecular weight is 447 g/mol. The van der Waals surface area contributed by atoms with E-state index in [9.17, 15) is 13.6 Å². The molecule has 28 heavy (non-hydrogen) atoms. The van der Waals surface area contributed by atoms with Crippen LogP contribution in [0.4, 0.5) is 8.78 Å². The van der Waals surface area contributed by atoms with Gasteiger partial charge in [-0.3, -0.25) is 4.79 Å². The summed E-state index contributed by atoms with van der Waals surface area (Å²) >= 11 is 3.22. The topological polar surface area (TPSA) is 72.8 Å². The van der Waals surface area contributed by atoms with Crippen molar-refractivity contribution in [2.45, 2.75) is 6.61 Å². The first-order valence-corrected chi connectivity index (χ1v) is 9.00. The van der Waals surface area contributed by atoms with Crippen LogP contribution in [0, 0.1) is 0 Å². The first-order chi connectivity index (χ1) is 13.4. The van der Waals surface area contributed by atoms with Gasteiger partial charge in [-0.1, -0.05) is 46.3 Å². The molecular weight excluding hydrogens is 434 g/mol. The summed E-state index contributed by atoms with van der Waals surface area (Å²) in [5.41, 5.74) is 1.43. The van der Waals surface area contributed by atoms with Crippen LogP contribution in [-0.4, -0.2) is 26.4 Å². The number of H-pyrrole nitrogens is 1. The van der Waals surface area contributed by atoms with E-state index in [0.29, 0.717) is 21.2 Å². The zero-order chi connectivity index (χ0) is 19.8. The number of aromatic amines is 1. The predicted molar refractivity (Wildman–Crippen MR) is 104 cm³/mol. The lowest BCUT2D eigenvalue weighted by atomic mass is 10.1. The lowest BCUT2D eigenvalue weighted by Crippen LogP contribution is -2.11. The maximum absolute atomic E-state index is 12.8. The smallest absolute Gasteiger partial charge is 0.387 e. The molecule has 2 aromatic heterocycles. The SMILES string of the molecule is Cn1nc(-c2ccccc2)c2c(=O)[nH]c(-c3ccc(Br)cc3OC(F)F)nc21. The van der Waals surface area contributed by atoms with Crippen LogP contribution in [0.3, 0.4) is 0 Å². The zero-order valence-corrected chi connectivity index (χ0v) is 16.1. The predicted octanol–water partition coefficient (Wildman–Crippen LogP) is 4.35. The molecular formula is C19H13BrF2N4O2. The van der Waals surface area contributed by atoms with Crippen LogP contribution >= 0.6 is 15.9 Å². The number of aryl methyl sites for hydroxylation is 1. The average Bonchev–Trinajstić information content (AvgIpc) is 2.99.